The van der Waals surface area contributed by atoms with Crippen molar-refractivity contribution in [3.05, 3.63) is 77.5 Å². The molecule has 4 heterocycles. The Bertz CT molecular complexity index is 1290. The number of benzene rings is 1. The van der Waals surface area contributed by atoms with Gasteiger partial charge in [0.2, 0.25) is 0 Å². The second-order valence-corrected chi connectivity index (χ2v) is 8.58. The van der Waals surface area contributed by atoms with Crippen molar-refractivity contribution in [3.63, 3.8) is 0 Å². The number of aromatic nitrogens is 5. The predicted octanol–water partition coefficient (Wildman–Crippen LogP) is 4.02. The molecule has 8 nitrogen and oxygen atoms in total. The Hall–Kier alpha value is -3.78. The number of hydrogen-bond acceptors (Lipinski definition) is 7. The summed E-state index contributed by atoms with van der Waals surface area (Å²) in [6, 6.07) is 8.32. The van der Waals surface area contributed by atoms with Crippen molar-refractivity contribution in [3.8, 4) is 22.9 Å². The Labute approximate surface area is 193 Å². The highest BCUT2D eigenvalue weighted by Gasteiger charge is 2.18. The molecule has 0 spiro atoms. The summed E-state index contributed by atoms with van der Waals surface area (Å²) in [5.74, 6) is 1.06. The van der Waals surface area contributed by atoms with E-state index in [4.69, 9.17) is 10.5 Å². The molecule has 8 heteroatoms. The van der Waals surface area contributed by atoms with Crippen LogP contribution in [0.1, 0.15) is 35.2 Å². The fourth-order valence-electron chi connectivity index (χ4n) is 4.28. The Morgan fingerprint density at radius 2 is 2.06 bits per heavy atom. The molecule has 2 N–H and O–H groups in total. The van der Waals surface area contributed by atoms with Crippen LogP contribution in [0.2, 0.25) is 0 Å². The number of nitrogen functional groups attached to an aromatic ring is 1. The summed E-state index contributed by atoms with van der Waals surface area (Å²) >= 11 is 0. The van der Waals surface area contributed by atoms with Crippen LogP contribution in [0.4, 0.5) is 5.82 Å². The molecule has 33 heavy (non-hydrogen) atoms. The predicted molar refractivity (Wildman–Crippen MR) is 127 cm³/mol. The SMILES string of the molecule is Cc1cc(-c2cnc(N)c(Oc3cnn(C(C)c4cccnc4)c3)n2)cc2c1CCN(C)C2. The first-order valence-electron chi connectivity index (χ1n) is 11.0. The number of ether oxygens (including phenoxy) is 1. The molecule has 168 valence electrons. The molecule has 0 aliphatic carbocycles. The van der Waals surface area contributed by atoms with Gasteiger partial charge in [-0.15, -0.1) is 0 Å². The number of nitrogens with two attached hydrogens (primary N) is 1. The highest BCUT2D eigenvalue weighted by Crippen LogP contribution is 2.31. The lowest BCUT2D eigenvalue weighted by Gasteiger charge is -2.27. The first kappa shape index (κ1) is 21.1. The van der Waals surface area contributed by atoms with Gasteiger partial charge in [0.25, 0.3) is 5.88 Å². The van der Waals surface area contributed by atoms with Gasteiger partial charge in [-0.1, -0.05) is 6.07 Å². The third-order valence-electron chi connectivity index (χ3n) is 6.17. The van der Waals surface area contributed by atoms with Gasteiger partial charge in [-0.2, -0.15) is 5.10 Å². The zero-order valence-corrected chi connectivity index (χ0v) is 19.1. The van der Waals surface area contributed by atoms with Gasteiger partial charge in [-0.25, -0.2) is 9.97 Å². The Balaban J connectivity index is 1.41. The minimum atomic E-state index is 0.0161. The van der Waals surface area contributed by atoms with Crippen LogP contribution in [-0.2, 0) is 13.0 Å². The molecule has 3 aromatic heterocycles. The van der Waals surface area contributed by atoms with Crippen LogP contribution in [0, 0.1) is 6.92 Å². The fourth-order valence-corrected chi connectivity index (χ4v) is 4.28. The number of anilines is 1. The third kappa shape index (κ3) is 4.29. The number of hydrogen-bond donors (Lipinski definition) is 1. The van der Waals surface area contributed by atoms with E-state index in [9.17, 15) is 0 Å². The second-order valence-electron chi connectivity index (χ2n) is 8.58. The second kappa shape index (κ2) is 8.63. The van der Waals surface area contributed by atoms with Crippen LogP contribution >= 0.6 is 0 Å². The van der Waals surface area contributed by atoms with Crippen molar-refractivity contribution in [1.29, 1.82) is 0 Å². The van der Waals surface area contributed by atoms with Gasteiger partial charge < -0.3 is 15.4 Å². The molecular formula is C25H27N7O. The van der Waals surface area contributed by atoms with Gasteiger partial charge in [0.1, 0.15) is 0 Å². The van der Waals surface area contributed by atoms with Crippen molar-refractivity contribution >= 4 is 5.82 Å². The molecule has 0 saturated heterocycles. The monoisotopic (exact) mass is 441 g/mol. The van der Waals surface area contributed by atoms with E-state index in [1.165, 1.54) is 16.7 Å². The molecule has 0 fully saturated rings. The van der Waals surface area contributed by atoms with Crippen molar-refractivity contribution in [1.82, 2.24) is 29.6 Å². The number of pyridine rings is 1. The van der Waals surface area contributed by atoms with E-state index >= 15 is 0 Å². The van der Waals surface area contributed by atoms with Crippen molar-refractivity contribution in [2.45, 2.75) is 32.9 Å². The molecule has 1 aliphatic heterocycles. The smallest absolute Gasteiger partial charge is 0.263 e. The topological polar surface area (TPSA) is 95.0 Å². The maximum Gasteiger partial charge on any atom is 0.263 e. The number of nitrogens with zero attached hydrogens (tertiary/aromatic N) is 6. The lowest BCUT2D eigenvalue weighted by Crippen LogP contribution is -2.27. The quantitative estimate of drug-likeness (QED) is 0.500. The van der Waals surface area contributed by atoms with E-state index in [0.29, 0.717) is 5.75 Å². The average molecular weight is 442 g/mol. The fraction of sp³-hybridized carbons (Fsp3) is 0.280. The van der Waals surface area contributed by atoms with Gasteiger partial charge in [-0.05, 0) is 67.8 Å². The van der Waals surface area contributed by atoms with Crippen LogP contribution in [0.3, 0.4) is 0 Å². The number of rotatable bonds is 5. The normalized spacial score (nSPS) is 14.6. The van der Waals surface area contributed by atoms with Gasteiger partial charge in [0, 0.05) is 31.0 Å². The molecule has 0 amide bonds. The highest BCUT2D eigenvalue weighted by molar-refractivity contribution is 5.64. The molecule has 0 saturated carbocycles. The summed E-state index contributed by atoms with van der Waals surface area (Å²) < 4.78 is 7.81. The van der Waals surface area contributed by atoms with Crippen molar-refractivity contribution in [2.75, 3.05) is 19.3 Å². The summed E-state index contributed by atoms with van der Waals surface area (Å²) in [5.41, 5.74) is 12.9. The first-order valence-corrected chi connectivity index (χ1v) is 11.0. The largest absolute Gasteiger partial charge is 0.433 e. The highest BCUT2D eigenvalue weighted by atomic mass is 16.5. The maximum absolute atomic E-state index is 6.09. The first-order chi connectivity index (χ1) is 16.0. The molecular weight excluding hydrogens is 414 g/mol. The zero-order valence-electron chi connectivity index (χ0n) is 19.1. The molecule has 1 unspecified atom stereocenters. The van der Waals surface area contributed by atoms with Crippen LogP contribution in [0.15, 0.2) is 55.2 Å². The van der Waals surface area contributed by atoms with Crippen LogP contribution in [0.5, 0.6) is 11.6 Å². The zero-order chi connectivity index (χ0) is 22.9. The summed E-state index contributed by atoms with van der Waals surface area (Å²) in [6.45, 7) is 6.23. The molecule has 5 rings (SSSR count). The summed E-state index contributed by atoms with van der Waals surface area (Å²) in [7, 11) is 2.15. The Morgan fingerprint density at radius 1 is 1.18 bits per heavy atom. The summed E-state index contributed by atoms with van der Waals surface area (Å²) in [4.78, 5) is 15.5. The molecule has 1 atom stereocenters. The van der Waals surface area contributed by atoms with Crippen LogP contribution in [-0.4, -0.2) is 43.2 Å². The number of fused-ring (bicyclic) bond motifs is 1. The van der Waals surface area contributed by atoms with Gasteiger partial charge in [0.05, 0.1) is 30.3 Å². The number of aryl methyl sites for hydroxylation is 1. The van der Waals surface area contributed by atoms with Crippen LogP contribution < -0.4 is 10.5 Å². The average Bonchev–Trinajstić information content (AvgIpc) is 3.28. The van der Waals surface area contributed by atoms with Gasteiger partial charge >= 0.3 is 0 Å². The van der Waals surface area contributed by atoms with Crippen LogP contribution in [0.25, 0.3) is 11.3 Å². The molecule has 4 aromatic rings. The van der Waals surface area contributed by atoms with Gasteiger partial charge in [0.15, 0.2) is 11.6 Å². The Kier molecular flexibility index (Phi) is 5.51. The molecule has 1 aliphatic rings. The minimum absolute atomic E-state index is 0.0161. The lowest BCUT2D eigenvalue weighted by molar-refractivity contribution is 0.312. The number of likely N-dealkylation sites (N-methyl/N-ethyl adjacent to an activating group) is 1. The van der Waals surface area contributed by atoms with E-state index in [1.54, 1.807) is 18.6 Å². The third-order valence-corrected chi connectivity index (χ3v) is 6.17. The van der Waals surface area contributed by atoms with E-state index in [0.717, 1.165) is 36.3 Å². The minimum Gasteiger partial charge on any atom is -0.433 e. The van der Waals surface area contributed by atoms with E-state index in [-0.39, 0.29) is 17.7 Å². The molecule has 1 aromatic carbocycles. The van der Waals surface area contributed by atoms with E-state index < -0.39 is 0 Å². The van der Waals surface area contributed by atoms with Crippen molar-refractivity contribution in [2.24, 2.45) is 0 Å². The molecule has 0 bridgehead atoms. The standard InChI is InChI=1S/C25H27N7O/c1-16-9-19(10-20-14-31(3)8-6-22(16)20)23-13-28-24(26)25(30-23)33-21-12-29-32(15-21)17(2)18-5-4-7-27-11-18/h4-5,7,9-13,15,17H,6,8,14H2,1-3H3,(H2,26,28). The summed E-state index contributed by atoms with van der Waals surface area (Å²) in [5, 5.41) is 4.44. The van der Waals surface area contributed by atoms with E-state index in [1.807, 2.05) is 29.2 Å². The van der Waals surface area contributed by atoms with Gasteiger partial charge in [-0.3, -0.25) is 9.67 Å². The lowest BCUT2D eigenvalue weighted by atomic mass is 9.92. The summed E-state index contributed by atoms with van der Waals surface area (Å²) in [6.07, 6.45) is 9.83. The molecule has 0 radical (unpaired) electrons. The van der Waals surface area contributed by atoms with Crippen molar-refractivity contribution < 1.29 is 4.74 Å². The maximum atomic E-state index is 6.09. The van der Waals surface area contributed by atoms with E-state index in [2.05, 4.69) is 58.0 Å². The Morgan fingerprint density at radius 3 is 2.88 bits per heavy atom.